The summed E-state index contributed by atoms with van der Waals surface area (Å²) in [6.07, 6.45) is 7.80. The van der Waals surface area contributed by atoms with Gasteiger partial charge in [0, 0.05) is 24.9 Å². The lowest BCUT2D eigenvalue weighted by molar-refractivity contribution is -0.179. The Hall–Kier alpha value is -0.650. The van der Waals surface area contributed by atoms with Crippen molar-refractivity contribution in [3.05, 3.63) is 0 Å². The van der Waals surface area contributed by atoms with Gasteiger partial charge in [-0.15, -0.1) is 0 Å². The summed E-state index contributed by atoms with van der Waals surface area (Å²) in [6.45, 7) is 1.45. The van der Waals surface area contributed by atoms with E-state index in [2.05, 4.69) is 5.32 Å². The molecule has 1 spiro atoms. The Bertz CT molecular complexity index is 344. The molecular formula is C15H25NO4. The highest BCUT2D eigenvalue weighted by Gasteiger charge is 2.40. The monoisotopic (exact) mass is 283 g/mol. The van der Waals surface area contributed by atoms with Crippen molar-refractivity contribution in [2.45, 2.75) is 69.2 Å². The van der Waals surface area contributed by atoms with Crippen molar-refractivity contribution in [1.82, 2.24) is 5.32 Å². The van der Waals surface area contributed by atoms with Crippen molar-refractivity contribution >= 4 is 5.97 Å². The zero-order chi connectivity index (χ0) is 14.0. The molecule has 0 amide bonds. The van der Waals surface area contributed by atoms with Gasteiger partial charge in [0.1, 0.15) is 0 Å². The van der Waals surface area contributed by atoms with E-state index in [1.807, 2.05) is 0 Å². The van der Waals surface area contributed by atoms with E-state index in [1.165, 1.54) is 0 Å². The van der Waals surface area contributed by atoms with E-state index in [9.17, 15) is 4.79 Å². The standard InChI is InChI=1S/C15H25NO4/c17-14(18)11-2-1-3-13(10-11)16-12-4-6-15(7-5-12)19-8-9-20-15/h11-13,16H,1-10H2,(H,17,18). The van der Waals surface area contributed by atoms with Crippen LogP contribution < -0.4 is 5.32 Å². The molecule has 2 N–H and O–H groups in total. The molecule has 5 heteroatoms. The van der Waals surface area contributed by atoms with Crippen molar-refractivity contribution in [3.63, 3.8) is 0 Å². The maximum atomic E-state index is 11.1. The zero-order valence-corrected chi connectivity index (χ0v) is 12.0. The van der Waals surface area contributed by atoms with Crippen LogP contribution in [-0.2, 0) is 14.3 Å². The Labute approximate surface area is 120 Å². The minimum atomic E-state index is -0.633. The number of carboxylic acid groups (broad SMARTS) is 1. The van der Waals surface area contributed by atoms with Crippen LogP contribution in [0.2, 0.25) is 0 Å². The molecule has 5 nitrogen and oxygen atoms in total. The van der Waals surface area contributed by atoms with Crippen LogP contribution in [0.3, 0.4) is 0 Å². The summed E-state index contributed by atoms with van der Waals surface area (Å²) < 4.78 is 11.5. The van der Waals surface area contributed by atoms with Gasteiger partial charge in [0.05, 0.1) is 19.1 Å². The largest absolute Gasteiger partial charge is 0.481 e. The molecule has 0 aromatic carbocycles. The third kappa shape index (κ3) is 3.15. The fourth-order valence-corrected chi connectivity index (χ4v) is 3.91. The number of ether oxygens (including phenoxy) is 2. The SMILES string of the molecule is O=C(O)C1CCCC(NC2CCC3(CC2)OCCO3)C1. The molecule has 2 aliphatic carbocycles. The van der Waals surface area contributed by atoms with E-state index in [0.29, 0.717) is 12.1 Å². The normalized spacial score (nSPS) is 34.4. The highest BCUT2D eigenvalue weighted by atomic mass is 16.7. The molecule has 2 saturated carbocycles. The van der Waals surface area contributed by atoms with Crippen molar-refractivity contribution in [2.75, 3.05) is 13.2 Å². The molecule has 0 aromatic rings. The summed E-state index contributed by atoms with van der Waals surface area (Å²) >= 11 is 0. The molecule has 3 fully saturated rings. The van der Waals surface area contributed by atoms with Crippen LogP contribution >= 0.6 is 0 Å². The first-order valence-electron chi connectivity index (χ1n) is 7.94. The van der Waals surface area contributed by atoms with Crippen LogP contribution in [-0.4, -0.2) is 42.2 Å². The molecule has 2 unspecified atom stereocenters. The van der Waals surface area contributed by atoms with Crippen molar-refractivity contribution in [2.24, 2.45) is 5.92 Å². The van der Waals surface area contributed by atoms with E-state index in [-0.39, 0.29) is 11.7 Å². The van der Waals surface area contributed by atoms with Gasteiger partial charge in [0.25, 0.3) is 0 Å². The molecule has 0 aromatic heterocycles. The minimum Gasteiger partial charge on any atom is -0.481 e. The van der Waals surface area contributed by atoms with Crippen LogP contribution in [0.25, 0.3) is 0 Å². The Balaban J connectivity index is 1.46. The van der Waals surface area contributed by atoms with E-state index in [4.69, 9.17) is 14.6 Å². The molecule has 3 aliphatic rings. The molecule has 0 bridgehead atoms. The van der Waals surface area contributed by atoms with Gasteiger partial charge in [-0.1, -0.05) is 6.42 Å². The highest BCUT2D eigenvalue weighted by Crippen LogP contribution is 2.36. The van der Waals surface area contributed by atoms with Gasteiger partial charge in [0.2, 0.25) is 0 Å². The summed E-state index contributed by atoms with van der Waals surface area (Å²) in [6, 6.07) is 0.861. The van der Waals surface area contributed by atoms with E-state index < -0.39 is 5.97 Å². The number of carbonyl (C=O) groups is 1. The number of nitrogens with one attached hydrogen (secondary N) is 1. The highest BCUT2D eigenvalue weighted by molar-refractivity contribution is 5.70. The lowest BCUT2D eigenvalue weighted by Crippen LogP contribution is -2.47. The maximum absolute atomic E-state index is 11.1. The Morgan fingerprint density at radius 2 is 1.75 bits per heavy atom. The average molecular weight is 283 g/mol. The van der Waals surface area contributed by atoms with Gasteiger partial charge in [0.15, 0.2) is 5.79 Å². The van der Waals surface area contributed by atoms with Crippen LogP contribution in [0.15, 0.2) is 0 Å². The first kappa shape index (κ1) is 14.3. The smallest absolute Gasteiger partial charge is 0.306 e. The minimum absolute atomic E-state index is 0.155. The summed E-state index contributed by atoms with van der Waals surface area (Å²) in [4.78, 5) is 11.1. The first-order chi connectivity index (χ1) is 9.67. The predicted molar refractivity (Wildman–Crippen MR) is 73.4 cm³/mol. The fourth-order valence-electron chi connectivity index (χ4n) is 3.91. The third-order valence-electron chi connectivity index (χ3n) is 5.06. The Kier molecular flexibility index (Phi) is 4.29. The average Bonchev–Trinajstić information content (AvgIpc) is 2.90. The molecule has 114 valence electrons. The van der Waals surface area contributed by atoms with Gasteiger partial charge < -0.3 is 19.9 Å². The van der Waals surface area contributed by atoms with Gasteiger partial charge in [-0.25, -0.2) is 0 Å². The summed E-state index contributed by atoms with van der Waals surface area (Å²) in [5.74, 6) is -1.08. The number of carboxylic acids is 1. The second kappa shape index (κ2) is 6.00. The van der Waals surface area contributed by atoms with E-state index >= 15 is 0 Å². The molecule has 20 heavy (non-hydrogen) atoms. The maximum Gasteiger partial charge on any atom is 0.306 e. The number of rotatable bonds is 3. The number of hydrogen-bond donors (Lipinski definition) is 2. The van der Waals surface area contributed by atoms with E-state index in [1.54, 1.807) is 0 Å². The molecule has 0 radical (unpaired) electrons. The number of aliphatic carboxylic acids is 1. The lowest BCUT2D eigenvalue weighted by Gasteiger charge is -2.38. The first-order valence-corrected chi connectivity index (χ1v) is 7.94. The lowest BCUT2D eigenvalue weighted by atomic mass is 9.84. The quantitative estimate of drug-likeness (QED) is 0.828. The van der Waals surface area contributed by atoms with E-state index in [0.717, 1.165) is 64.6 Å². The molecule has 1 aliphatic heterocycles. The number of hydrogen-bond acceptors (Lipinski definition) is 4. The second-order valence-electron chi connectivity index (χ2n) is 6.45. The molecular weight excluding hydrogens is 258 g/mol. The molecule has 3 rings (SSSR count). The fraction of sp³-hybridized carbons (Fsp3) is 0.933. The summed E-state index contributed by atoms with van der Waals surface area (Å²) in [5.41, 5.74) is 0. The Morgan fingerprint density at radius 1 is 1.05 bits per heavy atom. The zero-order valence-electron chi connectivity index (χ0n) is 12.0. The molecule has 2 atom stereocenters. The topological polar surface area (TPSA) is 67.8 Å². The van der Waals surface area contributed by atoms with Crippen LogP contribution in [0.4, 0.5) is 0 Å². The second-order valence-corrected chi connectivity index (χ2v) is 6.45. The summed E-state index contributed by atoms with van der Waals surface area (Å²) in [7, 11) is 0. The predicted octanol–water partition coefficient (Wildman–Crippen LogP) is 1.91. The summed E-state index contributed by atoms with van der Waals surface area (Å²) in [5, 5.41) is 12.8. The van der Waals surface area contributed by atoms with Gasteiger partial charge in [-0.3, -0.25) is 4.79 Å². The van der Waals surface area contributed by atoms with Crippen LogP contribution in [0.5, 0.6) is 0 Å². The molecule has 1 saturated heterocycles. The Morgan fingerprint density at radius 3 is 2.40 bits per heavy atom. The molecule has 1 heterocycles. The van der Waals surface area contributed by atoms with Crippen molar-refractivity contribution < 1.29 is 19.4 Å². The van der Waals surface area contributed by atoms with Gasteiger partial charge in [-0.05, 0) is 32.1 Å². The van der Waals surface area contributed by atoms with Crippen molar-refractivity contribution in [1.29, 1.82) is 0 Å². The van der Waals surface area contributed by atoms with Crippen LogP contribution in [0.1, 0.15) is 51.4 Å². The van der Waals surface area contributed by atoms with Gasteiger partial charge in [-0.2, -0.15) is 0 Å². The third-order valence-corrected chi connectivity index (χ3v) is 5.06. The van der Waals surface area contributed by atoms with Gasteiger partial charge >= 0.3 is 5.97 Å². The van der Waals surface area contributed by atoms with Crippen LogP contribution in [0, 0.1) is 5.92 Å². The van der Waals surface area contributed by atoms with Crippen molar-refractivity contribution in [3.8, 4) is 0 Å².